The lowest BCUT2D eigenvalue weighted by molar-refractivity contribution is 0.0855. The van der Waals surface area contributed by atoms with Gasteiger partial charge in [0.15, 0.2) is 29.5 Å². The van der Waals surface area contributed by atoms with Gasteiger partial charge in [-0.25, -0.2) is 25.3 Å². The third-order valence-corrected chi connectivity index (χ3v) is 43.7. The number of sulfone groups is 3. The Morgan fingerprint density at radius 2 is 0.757 bits per heavy atom. The normalized spacial score (nSPS) is 35.3. The Morgan fingerprint density at radius 3 is 1.12 bits per heavy atom. The van der Waals surface area contributed by atoms with Crippen LogP contribution in [0.5, 0.6) is 0 Å². The number of allylic oxidation sites excluding steroid dienone is 16. The quantitative estimate of drug-likeness (QED) is 0.0410. The maximum Gasteiger partial charge on any atom is 0.184 e. The van der Waals surface area contributed by atoms with Crippen LogP contribution in [0.4, 0.5) is 0 Å². The highest BCUT2D eigenvalue weighted by atomic mass is 32.2. The molecule has 136 heavy (non-hydrogen) atoms. The maximum atomic E-state index is 13.5. The highest BCUT2D eigenvalue weighted by molar-refractivity contribution is 8.00. The second-order valence-corrected chi connectivity index (χ2v) is 55.3. The van der Waals surface area contributed by atoms with Gasteiger partial charge in [0.2, 0.25) is 0 Å². The first-order valence-corrected chi connectivity index (χ1v) is 57.4. The maximum absolute atomic E-state index is 13.5. The van der Waals surface area contributed by atoms with Gasteiger partial charge in [0.05, 0.1) is 78.8 Å². The Kier molecular flexibility index (Phi) is 34.7. The Labute approximate surface area is 823 Å². The number of fused-ring (bicyclic) bond motifs is 4. The van der Waals surface area contributed by atoms with Gasteiger partial charge in [0, 0.05) is 30.4 Å². The summed E-state index contributed by atoms with van der Waals surface area (Å²) in [7, 11) is -10.0. The lowest BCUT2D eigenvalue weighted by Crippen LogP contribution is -2.40. The average Bonchev–Trinajstić information content (AvgIpc) is 1.57. The van der Waals surface area contributed by atoms with Gasteiger partial charge < -0.3 is 40.9 Å². The molecule has 0 heterocycles. The van der Waals surface area contributed by atoms with E-state index in [1.54, 1.807) is 71.8 Å². The molecule has 0 aliphatic heterocycles. The summed E-state index contributed by atoms with van der Waals surface area (Å²) in [5.41, 5.74) is 16.5. The van der Waals surface area contributed by atoms with Crippen molar-refractivity contribution in [2.24, 2.45) is 80.8 Å². The number of thioether (sulfide) groups is 1. The summed E-state index contributed by atoms with van der Waals surface area (Å²) in [6, 6.07) is 26.6. The molecular formula is C118H166O14S4. The van der Waals surface area contributed by atoms with Crippen LogP contribution in [0.3, 0.4) is 0 Å². The third kappa shape index (κ3) is 23.8. The van der Waals surface area contributed by atoms with E-state index in [1.807, 2.05) is 44.2 Å². The minimum atomic E-state index is -3.43. The van der Waals surface area contributed by atoms with Gasteiger partial charge >= 0.3 is 0 Å². The van der Waals surface area contributed by atoms with Crippen LogP contribution < -0.4 is 0 Å². The van der Waals surface area contributed by atoms with Crippen LogP contribution in [0.15, 0.2) is 271 Å². The van der Waals surface area contributed by atoms with Crippen LogP contribution in [0.1, 0.15) is 295 Å². The summed E-state index contributed by atoms with van der Waals surface area (Å²) in [5, 5.41) is 81.0. The van der Waals surface area contributed by atoms with E-state index in [1.165, 1.54) is 60.1 Å². The van der Waals surface area contributed by atoms with Crippen molar-refractivity contribution in [1.82, 2.24) is 0 Å². The number of hydrogen-bond acceptors (Lipinski definition) is 15. The molecule has 18 heteroatoms. The zero-order chi connectivity index (χ0) is 98.6. The molecule has 8 N–H and O–H groups in total. The second-order valence-electron chi connectivity index (χ2n) is 46.3. The molecule has 0 unspecified atom stereocenters. The van der Waals surface area contributed by atoms with E-state index >= 15 is 0 Å². The SMILES string of the molecule is C=C1/C(=C\C=C2/CCC[C@]3(C)C([C@H](C)CCS(=O)(=O)c4ccccc4)=CC[C@@H]23)C[C@@H](O)C[C@@H]1O.C=C1/C(=C\C=C2/CCC[C@]3(C)C([C@H](C)CCSC(C)(C)C)=CC[C@@H]23)C[C@@H](O)C[C@@H]1O.C=C1/C(=C\C=C2/CCC[C@]3(C)[C@@H]([C@H](C)CC(C)(C)S(=O)(=O)c4ccccc4)CC[C@@H]23)C[C@@H](O)C[C@@H]1O.C=C1/C(=C\C=C2/CCC[C@]3(C)[C@@H]([C@H](C)CC4(S(=O)(=O)c5ccccc5)CC4)CC[C@@H]23)C[C@@H](O)C[C@@H]1O. The predicted octanol–water partition coefficient (Wildman–Crippen LogP) is 24.7. The highest BCUT2D eigenvalue weighted by Gasteiger charge is 2.59. The van der Waals surface area contributed by atoms with Crippen molar-refractivity contribution in [2.75, 3.05) is 11.5 Å². The first-order valence-electron chi connectivity index (χ1n) is 51.8. The monoisotopic (exact) mass is 1940 g/mol. The molecule has 11 fully saturated rings. The molecule has 0 aromatic heterocycles. The molecule has 0 saturated heterocycles. The number of aliphatic hydroxyl groups excluding tert-OH is 8. The van der Waals surface area contributed by atoms with Crippen LogP contribution in [0, 0.1) is 80.8 Å². The van der Waals surface area contributed by atoms with Crippen LogP contribution in [0.25, 0.3) is 0 Å². The van der Waals surface area contributed by atoms with E-state index in [4.69, 9.17) is 0 Å². The Bertz CT molecular complexity index is 5300. The zero-order valence-electron chi connectivity index (χ0n) is 84.4. The number of hydrogen-bond donors (Lipinski definition) is 8. The lowest BCUT2D eigenvalue weighted by atomic mass is 9.60. The smallest absolute Gasteiger partial charge is 0.184 e. The van der Waals surface area contributed by atoms with Gasteiger partial charge in [0.25, 0.3) is 0 Å². The summed E-state index contributed by atoms with van der Waals surface area (Å²) >= 11 is 2.08. The topological polar surface area (TPSA) is 264 Å². The van der Waals surface area contributed by atoms with Crippen molar-refractivity contribution in [2.45, 2.75) is 373 Å². The molecule has 11 saturated carbocycles. The molecule has 3 aromatic rings. The van der Waals surface area contributed by atoms with Crippen LogP contribution in [-0.4, -0.2) is 141 Å². The summed E-state index contributed by atoms with van der Waals surface area (Å²) in [4.78, 5) is 1.29. The first-order chi connectivity index (χ1) is 64.1. The van der Waals surface area contributed by atoms with Crippen molar-refractivity contribution in [1.29, 1.82) is 0 Å². The molecule has 0 radical (unpaired) electrons. The summed E-state index contributed by atoms with van der Waals surface area (Å²) in [6.45, 7) is 45.8. The van der Waals surface area contributed by atoms with Crippen molar-refractivity contribution in [3.05, 3.63) is 256 Å². The van der Waals surface area contributed by atoms with Gasteiger partial charge in [-0.05, 0) is 361 Å². The van der Waals surface area contributed by atoms with Gasteiger partial charge in [-0.3, -0.25) is 0 Å². The van der Waals surface area contributed by atoms with Crippen molar-refractivity contribution in [3.8, 4) is 0 Å². The van der Waals surface area contributed by atoms with Crippen LogP contribution >= 0.6 is 11.8 Å². The van der Waals surface area contributed by atoms with Gasteiger partial charge in [0.1, 0.15) is 0 Å². The van der Waals surface area contributed by atoms with Gasteiger partial charge in [-0.1, -0.05) is 251 Å². The van der Waals surface area contributed by atoms with E-state index in [2.05, 4.69) is 175 Å². The van der Waals surface area contributed by atoms with Crippen molar-refractivity contribution >= 4 is 41.3 Å². The lowest BCUT2D eigenvalue weighted by Gasteiger charge is -2.45. The molecule has 746 valence electrons. The molecule has 13 aliphatic rings. The number of rotatable bonds is 23. The second kappa shape index (κ2) is 44.0. The third-order valence-electron chi connectivity index (χ3n) is 35.5. The Hall–Kier alpha value is -6.10. The van der Waals surface area contributed by atoms with Gasteiger partial charge in [-0.2, -0.15) is 11.8 Å². The van der Waals surface area contributed by atoms with Crippen molar-refractivity contribution in [3.63, 3.8) is 0 Å². The van der Waals surface area contributed by atoms with E-state index in [-0.39, 0.29) is 33.3 Å². The number of benzene rings is 3. The van der Waals surface area contributed by atoms with Crippen LogP contribution in [-0.2, 0) is 29.5 Å². The average molecular weight is 1940 g/mol. The highest BCUT2D eigenvalue weighted by Crippen LogP contribution is 2.65. The molecule has 14 nitrogen and oxygen atoms in total. The fourth-order valence-electron chi connectivity index (χ4n) is 27.7. The molecule has 3 aromatic carbocycles. The molecule has 16 rings (SSSR count). The summed E-state index contributed by atoms with van der Waals surface area (Å²) < 4.78 is 78.5. The fourth-order valence-corrected chi connectivity index (χ4v) is 34.0. The molecule has 22 atom stereocenters. The Balaban J connectivity index is 0.000000154. The van der Waals surface area contributed by atoms with E-state index in [0.717, 1.165) is 154 Å². The molecule has 0 bridgehead atoms. The fraction of sp³-hybridized carbons (Fsp3) is 0.610. The molecule has 13 aliphatic carbocycles. The van der Waals surface area contributed by atoms with E-state index in [0.29, 0.717) is 137 Å². The predicted molar refractivity (Wildman–Crippen MR) is 558 cm³/mol. The van der Waals surface area contributed by atoms with Crippen molar-refractivity contribution < 1.29 is 66.1 Å². The number of aliphatic hydroxyl groups is 8. The summed E-state index contributed by atoms with van der Waals surface area (Å²) in [5.74, 6) is 5.97. The summed E-state index contributed by atoms with van der Waals surface area (Å²) in [6.07, 6.45) is 46.8. The molecule has 0 amide bonds. The first kappa shape index (κ1) is 107. The largest absolute Gasteiger partial charge is 0.393 e. The van der Waals surface area contributed by atoms with E-state index < -0.39 is 87.8 Å². The Morgan fingerprint density at radius 1 is 0.419 bits per heavy atom. The van der Waals surface area contributed by atoms with Crippen LogP contribution in [0.2, 0.25) is 0 Å². The van der Waals surface area contributed by atoms with Gasteiger partial charge in [-0.15, -0.1) is 0 Å². The van der Waals surface area contributed by atoms with E-state index in [9.17, 15) is 66.1 Å². The standard InChI is InChI=1S/C31H42O4S.C31H44O4S.C29H38O4S.C27H42O2S/c1-21(20-31(16-17-31)36(34,35)26-9-5-4-6-10-26)27-13-14-28-23(8-7-15-30(27,28)3)11-12-24-18-25(32)19-29(33)22(24)2;1-21(20-30(3,4)36(34,35)26-11-7-6-8-12-26)27-15-16-28-23(10-9-17-31(27,28)5)13-14-24-18-25(32)19-29(33)22(24)2;1-20(15-17-34(32,33)25-9-5-4-6-10-25)26-13-14-27-22(8-7-16-29(26,27)3)11-12-23-18-24(30)19-28(31)21(23)2;1-18(13-15-30-26(3,4)5)23-11-12-24-20(8-7-14-27(23,24)6)9-10-21-16-22(28)17-25(29)19(21)2/h4-6,9-12,21,25,27-29,32-33H,2,7-8,13-20H2,1,3H3;6-8,11-14,21,25,27-29,32-33H,2,9-10,15-20H2,1,3-5H3;4-6,9-13,20,24,27-28,30-31H,2,7-8,14-19H2,1,3H3;9-11,18,22,24-25,28-29H,2,7-8,12-17H2,1,3-6H3/b23-11+,24-12-;23-13+,24-14-;22-11+,23-12-;20-9+,21-10-/t21-,25-,27-,28+,29+,30-;21-,25-,27-,28+,29+,31-;20-,24-,27+,28+,29-;18-,22-,24+,25+,27-/m1111/s1. The zero-order valence-corrected chi connectivity index (χ0v) is 87.6. The molecule has 0 spiro atoms. The minimum absolute atomic E-state index is 0.0567. The minimum Gasteiger partial charge on any atom is -0.393 e. The molecular weight excluding hydrogens is 1770 g/mol.